The Morgan fingerprint density at radius 2 is 2.04 bits per heavy atom. The molecule has 0 atom stereocenters. The van der Waals surface area contributed by atoms with Crippen molar-refractivity contribution in [2.75, 3.05) is 50.1 Å². The number of carbonyl (C=O) groups is 1. The van der Waals surface area contributed by atoms with Crippen LogP contribution < -0.4 is 15.0 Å². The molecule has 3 rings (SSSR count). The van der Waals surface area contributed by atoms with Gasteiger partial charge in [0.2, 0.25) is 11.9 Å². The molecule has 0 spiro atoms. The molecule has 0 bridgehead atoms. The summed E-state index contributed by atoms with van der Waals surface area (Å²) in [6, 6.07) is 8.29. The van der Waals surface area contributed by atoms with E-state index in [1.807, 2.05) is 0 Å². The molecule has 1 aromatic heterocycles. The lowest BCUT2D eigenvalue weighted by atomic mass is 10.2. The summed E-state index contributed by atoms with van der Waals surface area (Å²) >= 11 is 5.98. The Bertz CT molecular complexity index is 782. The highest BCUT2D eigenvalue weighted by molar-refractivity contribution is 6.31. The molecule has 1 aliphatic heterocycles. The van der Waals surface area contributed by atoms with Crippen molar-refractivity contribution in [3.05, 3.63) is 47.5 Å². The van der Waals surface area contributed by atoms with E-state index in [1.165, 1.54) is 12.3 Å². The van der Waals surface area contributed by atoms with Gasteiger partial charge in [-0.15, -0.1) is 0 Å². The van der Waals surface area contributed by atoms with E-state index in [-0.39, 0.29) is 12.5 Å². The summed E-state index contributed by atoms with van der Waals surface area (Å²) in [6.45, 7) is 3.14. The quantitative estimate of drug-likeness (QED) is 0.810. The zero-order valence-electron chi connectivity index (χ0n) is 14.4. The Morgan fingerprint density at radius 3 is 2.73 bits per heavy atom. The van der Waals surface area contributed by atoms with Crippen LogP contribution >= 0.6 is 11.6 Å². The fourth-order valence-electron chi connectivity index (χ4n) is 2.92. The highest BCUT2D eigenvalue weighted by atomic mass is 35.5. The molecule has 26 heavy (non-hydrogen) atoms. The second-order valence-electron chi connectivity index (χ2n) is 5.99. The number of rotatable bonds is 5. The van der Waals surface area contributed by atoms with Crippen LogP contribution in [0.3, 0.4) is 0 Å². The van der Waals surface area contributed by atoms with Crippen molar-refractivity contribution in [3.8, 4) is 5.75 Å². The monoisotopic (exact) mass is 378 g/mol. The number of nitrogens with one attached hydrogen (secondary N) is 1. The predicted octanol–water partition coefficient (Wildman–Crippen LogP) is 2.64. The van der Waals surface area contributed by atoms with Crippen LogP contribution in [0.5, 0.6) is 5.75 Å². The van der Waals surface area contributed by atoms with Crippen LogP contribution in [0.25, 0.3) is 0 Å². The molecule has 1 N–H and O–H groups in total. The average Bonchev–Trinajstić information content (AvgIpc) is 2.62. The maximum absolute atomic E-state index is 13.2. The topological polar surface area (TPSA) is 57.7 Å². The van der Waals surface area contributed by atoms with Crippen LogP contribution in [0.2, 0.25) is 5.02 Å². The minimum Gasteiger partial charge on any atom is -0.495 e. The molecule has 0 unspecified atom stereocenters. The fourth-order valence-corrected chi connectivity index (χ4v) is 3.10. The zero-order chi connectivity index (χ0) is 18.5. The number of ether oxygens (including phenoxy) is 1. The highest BCUT2D eigenvalue weighted by Gasteiger charge is 2.20. The molecule has 1 fully saturated rings. The predicted molar refractivity (Wildman–Crippen MR) is 99.5 cm³/mol. The molecular weight excluding hydrogens is 359 g/mol. The Hall–Kier alpha value is -2.38. The summed E-state index contributed by atoms with van der Waals surface area (Å²) < 4.78 is 18.5. The third-order valence-corrected chi connectivity index (χ3v) is 4.49. The van der Waals surface area contributed by atoms with Crippen LogP contribution in [0.1, 0.15) is 0 Å². The standard InChI is InChI=1S/C18H20ClFN4O2/c1-26-16-3-2-13(19)10-15(16)22-18(25)12-23-6-8-24(9-7-23)14-4-5-21-17(20)11-14/h2-5,10-11H,6-9,12H2,1H3,(H,22,25). The van der Waals surface area contributed by atoms with Crippen molar-refractivity contribution < 1.29 is 13.9 Å². The molecule has 0 radical (unpaired) electrons. The SMILES string of the molecule is COc1ccc(Cl)cc1NC(=O)CN1CCN(c2ccnc(F)c2)CC1. The van der Waals surface area contributed by atoms with Gasteiger partial charge in [-0.25, -0.2) is 4.98 Å². The second-order valence-corrected chi connectivity index (χ2v) is 6.43. The van der Waals surface area contributed by atoms with Gasteiger partial charge in [0.1, 0.15) is 5.75 Å². The number of halogens is 2. The summed E-state index contributed by atoms with van der Waals surface area (Å²) in [5.74, 6) is -0.0546. The third kappa shape index (κ3) is 4.62. The maximum atomic E-state index is 13.2. The number of amides is 1. The normalized spacial score (nSPS) is 15.0. The van der Waals surface area contributed by atoms with E-state index in [1.54, 1.807) is 31.4 Å². The van der Waals surface area contributed by atoms with E-state index in [9.17, 15) is 9.18 Å². The van der Waals surface area contributed by atoms with Gasteiger partial charge in [0.25, 0.3) is 0 Å². The van der Waals surface area contributed by atoms with Gasteiger partial charge in [-0.3, -0.25) is 9.69 Å². The van der Waals surface area contributed by atoms with E-state index in [0.29, 0.717) is 29.5 Å². The number of methoxy groups -OCH3 is 1. The summed E-state index contributed by atoms with van der Waals surface area (Å²) in [6.07, 6.45) is 1.46. The van der Waals surface area contributed by atoms with E-state index < -0.39 is 5.95 Å². The molecule has 1 aromatic carbocycles. The number of hydrogen-bond donors (Lipinski definition) is 1. The zero-order valence-corrected chi connectivity index (χ0v) is 15.2. The van der Waals surface area contributed by atoms with E-state index in [2.05, 4.69) is 20.1 Å². The molecule has 2 aromatic rings. The van der Waals surface area contributed by atoms with Crippen LogP contribution in [0, 0.1) is 5.95 Å². The first kappa shape index (κ1) is 18.4. The summed E-state index contributed by atoms with van der Waals surface area (Å²) in [7, 11) is 1.54. The van der Waals surface area contributed by atoms with E-state index >= 15 is 0 Å². The highest BCUT2D eigenvalue weighted by Crippen LogP contribution is 2.27. The van der Waals surface area contributed by atoms with E-state index in [4.69, 9.17) is 16.3 Å². The van der Waals surface area contributed by atoms with Crippen LogP contribution in [0.4, 0.5) is 15.8 Å². The fraction of sp³-hybridized carbons (Fsp3) is 0.333. The first-order chi connectivity index (χ1) is 12.5. The summed E-state index contributed by atoms with van der Waals surface area (Å²) in [4.78, 5) is 20.0. The summed E-state index contributed by atoms with van der Waals surface area (Å²) in [5, 5.41) is 3.37. The molecule has 1 aliphatic rings. The number of piperazine rings is 1. The lowest BCUT2D eigenvalue weighted by Crippen LogP contribution is -2.48. The Kier molecular flexibility index (Phi) is 5.90. The van der Waals surface area contributed by atoms with Crippen molar-refractivity contribution in [2.45, 2.75) is 0 Å². The molecule has 1 amide bonds. The van der Waals surface area contributed by atoms with Crippen LogP contribution in [-0.4, -0.2) is 55.6 Å². The molecule has 138 valence electrons. The van der Waals surface area contributed by atoms with Gasteiger partial charge < -0.3 is 15.0 Å². The Labute approximate surface area is 156 Å². The van der Waals surface area contributed by atoms with Gasteiger partial charge in [0.05, 0.1) is 19.3 Å². The van der Waals surface area contributed by atoms with Crippen LogP contribution in [0.15, 0.2) is 36.5 Å². The Balaban J connectivity index is 1.53. The van der Waals surface area contributed by atoms with Gasteiger partial charge in [-0.2, -0.15) is 4.39 Å². The lowest BCUT2D eigenvalue weighted by molar-refractivity contribution is -0.117. The van der Waals surface area contributed by atoms with Crippen molar-refractivity contribution >= 4 is 28.9 Å². The number of anilines is 2. The molecule has 0 aliphatic carbocycles. The third-order valence-electron chi connectivity index (χ3n) is 4.25. The van der Waals surface area contributed by atoms with Gasteiger partial charge in [-0.05, 0) is 24.3 Å². The molecule has 8 heteroatoms. The largest absolute Gasteiger partial charge is 0.495 e. The second kappa shape index (κ2) is 8.33. The molecule has 6 nitrogen and oxygen atoms in total. The molecule has 0 saturated carbocycles. The Morgan fingerprint density at radius 1 is 1.27 bits per heavy atom. The molecule has 1 saturated heterocycles. The minimum atomic E-state index is -0.486. The van der Waals surface area contributed by atoms with Gasteiger partial charge in [0, 0.05) is 49.2 Å². The van der Waals surface area contributed by atoms with Gasteiger partial charge >= 0.3 is 0 Å². The van der Waals surface area contributed by atoms with Crippen LogP contribution in [-0.2, 0) is 4.79 Å². The number of hydrogen-bond acceptors (Lipinski definition) is 5. The van der Waals surface area contributed by atoms with Crippen molar-refractivity contribution in [3.63, 3.8) is 0 Å². The lowest BCUT2D eigenvalue weighted by Gasteiger charge is -2.35. The van der Waals surface area contributed by atoms with Crippen molar-refractivity contribution in [1.29, 1.82) is 0 Å². The number of pyridine rings is 1. The smallest absolute Gasteiger partial charge is 0.238 e. The first-order valence-electron chi connectivity index (χ1n) is 8.27. The summed E-state index contributed by atoms with van der Waals surface area (Å²) in [5.41, 5.74) is 1.36. The molecular formula is C18H20ClFN4O2. The van der Waals surface area contributed by atoms with E-state index in [0.717, 1.165) is 18.8 Å². The van der Waals surface area contributed by atoms with Crippen molar-refractivity contribution in [2.24, 2.45) is 0 Å². The number of carbonyl (C=O) groups excluding carboxylic acids is 1. The van der Waals surface area contributed by atoms with Gasteiger partial charge in [-0.1, -0.05) is 11.6 Å². The van der Waals surface area contributed by atoms with Crippen molar-refractivity contribution in [1.82, 2.24) is 9.88 Å². The number of aromatic nitrogens is 1. The number of nitrogens with zero attached hydrogens (tertiary/aromatic N) is 3. The first-order valence-corrected chi connectivity index (χ1v) is 8.65. The maximum Gasteiger partial charge on any atom is 0.238 e. The minimum absolute atomic E-state index is 0.131. The van der Waals surface area contributed by atoms with Gasteiger partial charge in [0.15, 0.2) is 0 Å². The number of benzene rings is 1. The average molecular weight is 379 g/mol. The molecule has 2 heterocycles.